The first-order valence-electron chi connectivity index (χ1n) is 4.36. The van der Waals surface area contributed by atoms with Crippen molar-refractivity contribution in [1.82, 2.24) is 5.32 Å². The molecule has 2 atom stereocenters. The SMILES string of the molecule is C[C@@H](N)C(=O)OC(=O)[C@H]1CCCN1. The predicted octanol–water partition coefficient (Wildman–Crippen LogP) is -0.845. The molecule has 1 rings (SSSR count). The van der Waals surface area contributed by atoms with Crippen LogP contribution >= 0.6 is 0 Å². The van der Waals surface area contributed by atoms with Crippen molar-refractivity contribution < 1.29 is 14.3 Å². The Morgan fingerprint density at radius 3 is 2.77 bits per heavy atom. The van der Waals surface area contributed by atoms with Crippen molar-refractivity contribution in [1.29, 1.82) is 0 Å². The van der Waals surface area contributed by atoms with E-state index in [-0.39, 0.29) is 6.04 Å². The molecule has 3 N–H and O–H groups in total. The van der Waals surface area contributed by atoms with E-state index in [2.05, 4.69) is 10.1 Å². The van der Waals surface area contributed by atoms with Crippen molar-refractivity contribution in [2.45, 2.75) is 31.8 Å². The van der Waals surface area contributed by atoms with Gasteiger partial charge in [-0.05, 0) is 26.3 Å². The molecule has 0 radical (unpaired) electrons. The first-order valence-corrected chi connectivity index (χ1v) is 4.36. The molecule has 1 fully saturated rings. The van der Waals surface area contributed by atoms with Crippen LogP contribution in [0.3, 0.4) is 0 Å². The summed E-state index contributed by atoms with van der Waals surface area (Å²) in [5.74, 6) is -1.18. The maximum Gasteiger partial charge on any atom is 0.330 e. The molecule has 5 heteroatoms. The second kappa shape index (κ2) is 4.34. The fourth-order valence-electron chi connectivity index (χ4n) is 1.15. The zero-order chi connectivity index (χ0) is 9.84. The molecule has 5 nitrogen and oxygen atoms in total. The van der Waals surface area contributed by atoms with Gasteiger partial charge in [0.25, 0.3) is 0 Å². The summed E-state index contributed by atoms with van der Waals surface area (Å²) in [4.78, 5) is 22.1. The first kappa shape index (κ1) is 10.1. The van der Waals surface area contributed by atoms with Gasteiger partial charge in [0.1, 0.15) is 12.1 Å². The molecule has 0 aliphatic carbocycles. The van der Waals surface area contributed by atoms with Gasteiger partial charge in [0, 0.05) is 0 Å². The van der Waals surface area contributed by atoms with Crippen LogP contribution in [0.4, 0.5) is 0 Å². The summed E-state index contributed by atoms with van der Waals surface area (Å²) in [5.41, 5.74) is 5.24. The lowest BCUT2D eigenvalue weighted by Crippen LogP contribution is -2.38. The van der Waals surface area contributed by atoms with Crippen LogP contribution < -0.4 is 11.1 Å². The standard InChI is InChI=1S/C8H14N2O3/c1-5(9)7(11)13-8(12)6-3-2-4-10-6/h5-6,10H,2-4,9H2,1H3/t5-,6-/m1/s1. The lowest BCUT2D eigenvalue weighted by molar-refractivity contribution is -0.161. The van der Waals surface area contributed by atoms with Crippen LogP contribution in [-0.2, 0) is 14.3 Å². The molecule has 0 bridgehead atoms. The second-order valence-corrected chi connectivity index (χ2v) is 3.18. The third-order valence-corrected chi connectivity index (χ3v) is 1.92. The number of esters is 2. The van der Waals surface area contributed by atoms with Gasteiger partial charge in [0.05, 0.1) is 0 Å². The highest BCUT2D eigenvalue weighted by molar-refractivity contribution is 5.90. The summed E-state index contributed by atoms with van der Waals surface area (Å²) in [6.07, 6.45) is 1.66. The average molecular weight is 186 g/mol. The van der Waals surface area contributed by atoms with Gasteiger partial charge in [-0.15, -0.1) is 0 Å². The number of hydrogen-bond acceptors (Lipinski definition) is 5. The average Bonchev–Trinajstić information content (AvgIpc) is 2.55. The fourth-order valence-corrected chi connectivity index (χ4v) is 1.15. The molecule has 0 aromatic heterocycles. The van der Waals surface area contributed by atoms with Crippen molar-refractivity contribution in [2.24, 2.45) is 5.73 Å². The molecule has 1 saturated heterocycles. The minimum Gasteiger partial charge on any atom is -0.391 e. The number of nitrogens with two attached hydrogens (primary N) is 1. The Hall–Kier alpha value is -0.940. The highest BCUT2D eigenvalue weighted by Gasteiger charge is 2.26. The van der Waals surface area contributed by atoms with Gasteiger partial charge in [0.15, 0.2) is 0 Å². The van der Waals surface area contributed by atoms with Crippen molar-refractivity contribution in [3.8, 4) is 0 Å². The zero-order valence-electron chi connectivity index (χ0n) is 7.58. The van der Waals surface area contributed by atoms with Crippen LogP contribution in [-0.4, -0.2) is 30.6 Å². The predicted molar refractivity (Wildman–Crippen MR) is 45.8 cm³/mol. The number of hydrogen-bond donors (Lipinski definition) is 2. The Labute approximate surface area is 76.6 Å². The first-order chi connectivity index (χ1) is 6.11. The molecular formula is C8H14N2O3. The molecule has 1 aliphatic heterocycles. The maximum absolute atomic E-state index is 11.2. The van der Waals surface area contributed by atoms with E-state index in [1.165, 1.54) is 6.92 Å². The van der Waals surface area contributed by atoms with E-state index in [0.29, 0.717) is 0 Å². The van der Waals surface area contributed by atoms with Crippen LogP contribution in [0.1, 0.15) is 19.8 Å². The summed E-state index contributed by atoms with van der Waals surface area (Å²) in [7, 11) is 0. The van der Waals surface area contributed by atoms with Crippen LogP contribution in [0.15, 0.2) is 0 Å². The molecule has 74 valence electrons. The summed E-state index contributed by atoms with van der Waals surface area (Å²) in [6.45, 7) is 2.28. The number of ether oxygens (including phenoxy) is 1. The molecule has 0 aromatic carbocycles. The van der Waals surface area contributed by atoms with E-state index in [4.69, 9.17) is 5.73 Å². The minimum atomic E-state index is -0.745. The Kier molecular flexibility index (Phi) is 3.39. The largest absolute Gasteiger partial charge is 0.391 e. The van der Waals surface area contributed by atoms with E-state index in [0.717, 1.165) is 19.4 Å². The molecular weight excluding hydrogens is 172 g/mol. The molecule has 0 spiro atoms. The van der Waals surface area contributed by atoms with Crippen LogP contribution in [0.5, 0.6) is 0 Å². The van der Waals surface area contributed by atoms with Gasteiger partial charge in [-0.2, -0.15) is 0 Å². The van der Waals surface area contributed by atoms with Gasteiger partial charge >= 0.3 is 11.9 Å². The van der Waals surface area contributed by atoms with Gasteiger partial charge in [-0.3, -0.25) is 0 Å². The van der Waals surface area contributed by atoms with E-state index in [9.17, 15) is 9.59 Å². The topological polar surface area (TPSA) is 81.4 Å². The van der Waals surface area contributed by atoms with Crippen molar-refractivity contribution in [3.05, 3.63) is 0 Å². The third kappa shape index (κ3) is 2.78. The zero-order valence-corrected chi connectivity index (χ0v) is 7.58. The van der Waals surface area contributed by atoms with Gasteiger partial charge in [-0.25, -0.2) is 9.59 Å². The smallest absolute Gasteiger partial charge is 0.330 e. The van der Waals surface area contributed by atoms with E-state index in [1.54, 1.807) is 0 Å². The summed E-state index contributed by atoms with van der Waals surface area (Å²) in [5, 5.41) is 2.93. The lowest BCUT2D eigenvalue weighted by Gasteiger charge is -2.09. The van der Waals surface area contributed by atoms with Crippen LogP contribution in [0.2, 0.25) is 0 Å². The summed E-state index contributed by atoms with van der Waals surface area (Å²) >= 11 is 0. The highest BCUT2D eigenvalue weighted by Crippen LogP contribution is 2.06. The molecule has 13 heavy (non-hydrogen) atoms. The third-order valence-electron chi connectivity index (χ3n) is 1.92. The molecule has 0 amide bonds. The van der Waals surface area contributed by atoms with Gasteiger partial charge in [-0.1, -0.05) is 0 Å². The second-order valence-electron chi connectivity index (χ2n) is 3.18. The van der Waals surface area contributed by atoms with Crippen LogP contribution in [0, 0.1) is 0 Å². The Morgan fingerprint density at radius 2 is 2.31 bits per heavy atom. The van der Waals surface area contributed by atoms with Crippen molar-refractivity contribution in [3.63, 3.8) is 0 Å². The van der Waals surface area contributed by atoms with Crippen LogP contribution in [0.25, 0.3) is 0 Å². The van der Waals surface area contributed by atoms with E-state index >= 15 is 0 Å². The fraction of sp³-hybridized carbons (Fsp3) is 0.750. The number of carbonyl (C=O) groups excluding carboxylic acids is 2. The molecule has 0 saturated carbocycles. The van der Waals surface area contributed by atoms with E-state index in [1.807, 2.05) is 0 Å². The monoisotopic (exact) mass is 186 g/mol. The Bertz CT molecular complexity index is 209. The molecule has 0 aromatic rings. The maximum atomic E-state index is 11.2. The number of carbonyl (C=O) groups is 2. The van der Waals surface area contributed by atoms with Crippen molar-refractivity contribution >= 4 is 11.9 Å². The highest BCUT2D eigenvalue weighted by atomic mass is 16.6. The molecule has 0 unspecified atom stereocenters. The lowest BCUT2D eigenvalue weighted by atomic mass is 10.2. The molecule has 1 aliphatic rings. The Morgan fingerprint density at radius 1 is 1.62 bits per heavy atom. The summed E-state index contributed by atoms with van der Waals surface area (Å²) < 4.78 is 4.53. The van der Waals surface area contributed by atoms with Gasteiger partial charge in [0.2, 0.25) is 0 Å². The minimum absolute atomic E-state index is 0.331. The number of nitrogens with one attached hydrogen (secondary N) is 1. The molecule has 1 heterocycles. The van der Waals surface area contributed by atoms with Gasteiger partial charge < -0.3 is 15.8 Å². The van der Waals surface area contributed by atoms with Crippen molar-refractivity contribution in [2.75, 3.05) is 6.54 Å². The summed E-state index contributed by atoms with van der Waals surface area (Å²) in [6, 6.07) is -1.08. The Balaban J connectivity index is 2.36. The van der Waals surface area contributed by atoms with E-state index < -0.39 is 18.0 Å². The quantitative estimate of drug-likeness (QED) is 0.434. The normalized spacial score (nSPS) is 24.0. The number of rotatable bonds is 2.